The Morgan fingerprint density at radius 2 is 2.10 bits per heavy atom. The van der Waals surface area contributed by atoms with Crippen molar-refractivity contribution in [3.8, 4) is 0 Å². The number of rotatable bonds is 5. The SMILES string of the molecule is C=CC(=O)N(Cc1ccnn1C(C)C)[C@H](C)C(F)(F)F. The van der Waals surface area contributed by atoms with Crippen molar-refractivity contribution in [3.05, 3.63) is 30.6 Å². The van der Waals surface area contributed by atoms with Gasteiger partial charge in [0.05, 0.1) is 12.2 Å². The Hall–Kier alpha value is -1.79. The first kappa shape index (κ1) is 16.3. The number of carbonyl (C=O) groups is 1. The summed E-state index contributed by atoms with van der Waals surface area (Å²) in [5.74, 6) is -0.758. The van der Waals surface area contributed by atoms with E-state index in [1.54, 1.807) is 10.7 Å². The number of hydrogen-bond acceptors (Lipinski definition) is 2. The standard InChI is InChI=1S/C13H18F3N3O/c1-5-12(20)18(10(4)13(14,15)16)8-11-6-7-17-19(11)9(2)3/h5-7,9-10H,1,8H2,2-4H3/t10-/m1/s1. The minimum atomic E-state index is -4.48. The highest BCUT2D eigenvalue weighted by Gasteiger charge is 2.41. The van der Waals surface area contributed by atoms with Crippen molar-refractivity contribution in [2.75, 3.05) is 0 Å². The number of nitrogens with zero attached hydrogens (tertiary/aromatic N) is 3. The molecule has 0 spiro atoms. The van der Waals surface area contributed by atoms with Crippen LogP contribution in [-0.2, 0) is 11.3 Å². The van der Waals surface area contributed by atoms with E-state index in [0.29, 0.717) is 5.69 Å². The molecular formula is C13H18F3N3O. The van der Waals surface area contributed by atoms with Crippen molar-refractivity contribution in [1.29, 1.82) is 0 Å². The molecule has 0 aliphatic heterocycles. The Morgan fingerprint density at radius 1 is 1.50 bits per heavy atom. The van der Waals surface area contributed by atoms with E-state index in [2.05, 4.69) is 11.7 Å². The van der Waals surface area contributed by atoms with Gasteiger partial charge in [-0.2, -0.15) is 18.3 Å². The molecule has 1 atom stereocenters. The molecule has 0 unspecified atom stereocenters. The minimum Gasteiger partial charge on any atom is -0.321 e. The zero-order valence-corrected chi connectivity index (χ0v) is 11.7. The predicted molar refractivity (Wildman–Crippen MR) is 68.9 cm³/mol. The average molecular weight is 289 g/mol. The molecule has 112 valence electrons. The number of carbonyl (C=O) groups excluding carboxylic acids is 1. The fourth-order valence-corrected chi connectivity index (χ4v) is 1.81. The van der Waals surface area contributed by atoms with Crippen molar-refractivity contribution in [2.24, 2.45) is 0 Å². The van der Waals surface area contributed by atoms with E-state index in [4.69, 9.17) is 0 Å². The van der Waals surface area contributed by atoms with E-state index >= 15 is 0 Å². The molecule has 0 N–H and O–H groups in total. The van der Waals surface area contributed by atoms with Gasteiger partial charge in [0, 0.05) is 12.2 Å². The summed E-state index contributed by atoms with van der Waals surface area (Å²) < 4.78 is 40.1. The summed E-state index contributed by atoms with van der Waals surface area (Å²) in [7, 11) is 0. The number of amides is 1. The molecule has 0 aromatic carbocycles. The highest BCUT2D eigenvalue weighted by molar-refractivity contribution is 5.87. The molecule has 20 heavy (non-hydrogen) atoms. The summed E-state index contributed by atoms with van der Waals surface area (Å²) in [6, 6.07) is -0.280. The topological polar surface area (TPSA) is 38.1 Å². The van der Waals surface area contributed by atoms with Crippen LogP contribution in [0.1, 0.15) is 32.5 Å². The van der Waals surface area contributed by atoms with Crippen LogP contribution < -0.4 is 0 Å². The second kappa shape index (κ2) is 6.11. The van der Waals surface area contributed by atoms with E-state index in [-0.39, 0.29) is 12.6 Å². The van der Waals surface area contributed by atoms with Crippen molar-refractivity contribution in [3.63, 3.8) is 0 Å². The maximum atomic E-state index is 12.8. The normalized spacial score (nSPS) is 13.3. The first-order chi connectivity index (χ1) is 9.18. The van der Waals surface area contributed by atoms with Gasteiger partial charge in [0.25, 0.3) is 0 Å². The second-order valence-electron chi connectivity index (χ2n) is 4.75. The second-order valence-corrected chi connectivity index (χ2v) is 4.75. The molecule has 0 saturated heterocycles. The molecule has 0 aliphatic rings. The van der Waals surface area contributed by atoms with Gasteiger partial charge in [-0.05, 0) is 32.9 Å². The Morgan fingerprint density at radius 3 is 2.55 bits per heavy atom. The number of aromatic nitrogens is 2. The van der Waals surface area contributed by atoms with E-state index in [0.717, 1.165) is 17.9 Å². The van der Waals surface area contributed by atoms with Crippen molar-refractivity contribution in [1.82, 2.24) is 14.7 Å². The smallest absolute Gasteiger partial charge is 0.321 e. The van der Waals surface area contributed by atoms with Crippen LogP contribution in [0.25, 0.3) is 0 Å². The zero-order chi connectivity index (χ0) is 15.5. The summed E-state index contributed by atoms with van der Waals surface area (Å²) >= 11 is 0. The number of hydrogen-bond donors (Lipinski definition) is 0. The Labute approximate surface area is 115 Å². The quantitative estimate of drug-likeness (QED) is 0.782. The van der Waals surface area contributed by atoms with Crippen LogP contribution in [0, 0.1) is 0 Å². The third-order valence-electron chi connectivity index (χ3n) is 2.97. The van der Waals surface area contributed by atoms with Crippen molar-refractivity contribution >= 4 is 5.91 Å². The van der Waals surface area contributed by atoms with E-state index in [1.165, 1.54) is 6.20 Å². The predicted octanol–water partition coefficient (Wildman–Crippen LogP) is 2.93. The molecule has 1 amide bonds. The van der Waals surface area contributed by atoms with Gasteiger partial charge < -0.3 is 4.90 Å². The first-order valence-corrected chi connectivity index (χ1v) is 6.20. The molecular weight excluding hydrogens is 271 g/mol. The van der Waals surface area contributed by atoms with Crippen LogP contribution in [0.15, 0.2) is 24.9 Å². The van der Waals surface area contributed by atoms with E-state index < -0.39 is 18.1 Å². The average Bonchev–Trinajstić information content (AvgIpc) is 2.81. The summed E-state index contributed by atoms with van der Waals surface area (Å²) in [5.41, 5.74) is 0.548. The third-order valence-corrected chi connectivity index (χ3v) is 2.97. The van der Waals surface area contributed by atoms with Gasteiger partial charge in [-0.15, -0.1) is 0 Å². The molecule has 1 rings (SSSR count). The fourth-order valence-electron chi connectivity index (χ4n) is 1.81. The lowest BCUT2D eigenvalue weighted by Crippen LogP contribution is -2.46. The lowest BCUT2D eigenvalue weighted by Gasteiger charge is -2.30. The van der Waals surface area contributed by atoms with E-state index in [1.807, 2.05) is 13.8 Å². The first-order valence-electron chi connectivity index (χ1n) is 6.20. The molecule has 4 nitrogen and oxygen atoms in total. The van der Waals surface area contributed by atoms with Gasteiger partial charge >= 0.3 is 6.18 Å². The van der Waals surface area contributed by atoms with Crippen LogP contribution >= 0.6 is 0 Å². The number of alkyl halides is 3. The molecule has 0 aliphatic carbocycles. The van der Waals surface area contributed by atoms with Crippen molar-refractivity contribution in [2.45, 2.75) is 45.6 Å². The van der Waals surface area contributed by atoms with Gasteiger partial charge in [0.1, 0.15) is 6.04 Å². The molecule has 0 bridgehead atoms. The van der Waals surface area contributed by atoms with Crippen LogP contribution in [-0.4, -0.2) is 32.8 Å². The maximum absolute atomic E-state index is 12.8. The Balaban J connectivity index is 3.05. The highest BCUT2D eigenvalue weighted by Crippen LogP contribution is 2.26. The molecule has 0 fully saturated rings. The zero-order valence-electron chi connectivity index (χ0n) is 11.7. The Kier molecular flexibility index (Phi) is 4.97. The van der Waals surface area contributed by atoms with Gasteiger partial charge in [0.15, 0.2) is 0 Å². The molecule has 0 saturated carbocycles. The van der Waals surface area contributed by atoms with Crippen LogP contribution in [0.2, 0.25) is 0 Å². The van der Waals surface area contributed by atoms with Crippen LogP contribution in [0.3, 0.4) is 0 Å². The summed E-state index contributed by atoms with van der Waals surface area (Å²) in [5, 5.41) is 4.05. The maximum Gasteiger partial charge on any atom is 0.408 e. The highest BCUT2D eigenvalue weighted by atomic mass is 19.4. The fraction of sp³-hybridized carbons (Fsp3) is 0.538. The van der Waals surface area contributed by atoms with Crippen LogP contribution in [0.5, 0.6) is 0 Å². The molecule has 1 aromatic heterocycles. The monoisotopic (exact) mass is 289 g/mol. The van der Waals surface area contributed by atoms with Crippen molar-refractivity contribution < 1.29 is 18.0 Å². The lowest BCUT2D eigenvalue weighted by molar-refractivity contribution is -0.185. The van der Waals surface area contributed by atoms with Crippen LogP contribution in [0.4, 0.5) is 13.2 Å². The minimum absolute atomic E-state index is 0.00174. The molecule has 1 heterocycles. The molecule has 0 radical (unpaired) electrons. The third kappa shape index (κ3) is 3.61. The van der Waals surface area contributed by atoms with Gasteiger partial charge in [-0.1, -0.05) is 6.58 Å². The summed E-state index contributed by atoms with van der Waals surface area (Å²) in [4.78, 5) is 12.4. The molecule has 1 aromatic rings. The molecule has 7 heteroatoms. The summed E-state index contributed by atoms with van der Waals surface area (Å²) in [6.45, 7) is 7.77. The Bertz CT molecular complexity index is 479. The lowest BCUT2D eigenvalue weighted by atomic mass is 10.2. The number of halogens is 3. The van der Waals surface area contributed by atoms with Gasteiger partial charge in [-0.3, -0.25) is 9.48 Å². The largest absolute Gasteiger partial charge is 0.408 e. The van der Waals surface area contributed by atoms with Gasteiger partial charge in [-0.25, -0.2) is 0 Å². The van der Waals surface area contributed by atoms with Gasteiger partial charge in [0.2, 0.25) is 5.91 Å². The summed E-state index contributed by atoms with van der Waals surface area (Å²) in [6.07, 6.45) is -2.09. The van der Waals surface area contributed by atoms with E-state index in [9.17, 15) is 18.0 Å².